The minimum absolute atomic E-state index is 0.103. The zero-order valence-corrected chi connectivity index (χ0v) is 16.1. The molecule has 8 nitrogen and oxygen atoms in total. The van der Waals surface area contributed by atoms with Gasteiger partial charge in [0.15, 0.2) is 18.1 Å². The summed E-state index contributed by atoms with van der Waals surface area (Å²) in [5, 5.41) is 2.71. The van der Waals surface area contributed by atoms with Gasteiger partial charge in [-0.3, -0.25) is 9.59 Å². The van der Waals surface area contributed by atoms with Gasteiger partial charge in [0.25, 0.3) is 5.91 Å². The quantitative estimate of drug-likeness (QED) is 0.817. The van der Waals surface area contributed by atoms with Crippen LogP contribution in [0.15, 0.2) is 42.6 Å². The van der Waals surface area contributed by atoms with Crippen LogP contribution in [0, 0.1) is 0 Å². The topological polar surface area (TPSA) is 84.0 Å². The number of pyridine rings is 1. The van der Waals surface area contributed by atoms with Gasteiger partial charge in [0.1, 0.15) is 5.82 Å². The van der Waals surface area contributed by atoms with Crippen molar-refractivity contribution in [2.24, 2.45) is 0 Å². The lowest BCUT2D eigenvalue weighted by atomic mass is 10.2. The molecule has 1 saturated heterocycles. The number of para-hydroxylation sites is 2. The second kappa shape index (κ2) is 9.07. The number of nitrogens with zero attached hydrogens (tertiary/aromatic N) is 3. The molecule has 1 N–H and O–H groups in total. The minimum atomic E-state index is -0.304. The summed E-state index contributed by atoms with van der Waals surface area (Å²) in [6.07, 6.45) is 1.72. The molecule has 2 aromatic rings. The molecule has 2 amide bonds. The number of ether oxygens (including phenoxy) is 2. The Morgan fingerprint density at radius 2 is 1.79 bits per heavy atom. The molecule has 0 saturated carbocycles. The molecular formula is C20H24N4O4. The highest BCUT2D eigenvalue weighted by Crippen LogP contribution is 2.25. The lowest BCUT2D eigenvalue weighted by Crippen LogP contribution is -2.48. The largest absolute Gasteiger partial charge is 0.493 e. The van der Waals surface area contributed by atoms with Gasteiger partial charge in [-0.05, 0) is 24.3 Å². The fourth-order valence-corrected chi connectivity index (χ4v) is 2.99. The number of piperazine rings is 1. The predicted molar refractivity (Wildman–Crippen MR) is 106 cm³/mol. The average Bonchev–Trinajstić information content (AvgIpc) is 2.73. The number of amides is 2. The molecule has 2 heterocycles. The number of carbonyl (C=O) groups excluding carboxylic acids is 2. The Morgan fingerprint density at radius 3 is 2.39 bits per heavy atom. The number of carbonyl (C=O) groups is 2. The molecule has 1 aromatic heterocycles. The highest BCUT2D eigenvalue weighted by molar-refractivity contribution is 5.91. The molecule has 148 valence electrons. The smallest absolute Gasteiger partial charge is 0.263 e. The average molecular weight is 384 g/mol. The van der Waals surface area contributed by atoms with Crippen LogP contribution in [0.25, 0.3) is 0 Å². The third-order valence-corrected chi connectivity index (χ3v) is 4.53. The molecule has 1 aromatic carbocycles. The highest BCUT2D eigenvalue weighted by atomic mass is 16.5. The summed E-state index contributed by atoms with van der Waals surface area (Å²) in [7, 11) is 1.55. The first-order valence-corrected chi connectivity index (χ1v) is 9.09. The predicted octanol–water partition coefficient (Wildman–Crippen LogP) is 1.78. The summed E-state index contributed by atoms with van der Waals surface area (Å²) in [5.74, 6) is 1.34. The fourth-order valence-electron chi connectivity index (χ4n) is 2.99. The van der Waals surface area contributed by atoms with E-state index in [-0.39, 0.29) is 18.4 Å². The zero-order valence-electron chi connectivity index (χ0n) is 16.1. The first kappa shape index (κ1) is 19.5. The minimum Gasteiger partial charge on any atom is -0.493 e. The summed E-state index contributed by atoms with van der Waals surface area (Å²) in [4.78, 5) is 31.8. The zero-order chi connectivity index (χ0) is 19.9. The van der Waals surface area contributed by atoms with E-state index in [2.05, 4.69) is 15.2 Å². The van der Waals surface area contributed by atoms with Gasteiger partial charge >= 0.3 is 0 Å². The van der Waals surface area contributed by atoms with Gasteiger partial charge in [-0.15, -0.1) is 0 Å². The fraction of sp³-hybridized carbons (Fsp3) is 0.350. The Hall–Kier alpha value is -3.29. The summed E-state index contributed by atoms with van der Waals surface area (Å²) < 4.78 is 10.7. The lowest BCUT2D eigenvalue weighted by molar-refractivity contribution is -0.129. The number of aromatic nitrogens is 1. The van der Waals surface area contributed by atoms with Crippen molar-refractivity contribution in [1.29, 1.82) is 0 Å². The van der Waals surface area contributed by atoms with E-state index in [0.717, 1.165) is 18.8 Å². The molecule has 1 aliphatic rings. The Balaban J connectivity index is 1.50. The van der Waals surface area contributed by atoms with Gasteiger partial charge < -0.3 is 24.6 Å². The number of benzene rings is 1. The molecule has 1 aliphatic heterocycles. The van der Waals surface area contributed by atoms with Gasteiger partial charge in [0.2, 0.25) is 5.91 Å². The van der Waals surface area contributed by atoms with E-state index < -0.39 is 0 Å². The molecule has 0 unspecified atom stereocenters. The third-order valence-electron chi connectivity index (χ3n) is 4.53. The van der Waals surface area contributed by atoms with E-state index >= 15 is 0 Å². The van der Waals surface area contributed by atoms with Crippen LogP contribution in [-0.4, -0.2) is 61.6 Å². The molecule has 0 aliphatic carbocycles. The van der Waals surface area contributed by atoms with Crippen molar-refractivity contribution in [2.45, 2.75) is 6.92 Å². The molecule has 8 heteroatoms. The normalized spacial score (nSPS) is 13.8. The van der Waals surface area contributed by atoms with Crippen LogP contribution in [0.4, 0.5) is 11.5 Å². The summed E-state index contributed by atoms with van der Waals surface area (Å²) >= 11 is 0. The summed E-state index contributed by atoms with van der Waals surface area (Å²) in [6.45, 7) is 4.38. The number of hydrogen-bond acceptors (Lipinski definition) is 6. The SMILES string of the molecule is COc1ccccc1OCC(=O)Nc1ccc(N2CCN(C(C)=O)CC2)cn1. The maximum Gasteiger partial charge on any atom is 0.263 e. The summed E-state index contributed by atoms with van der Waals surface area (Å²) in [6, 6.07) is 10.8. The van der Waals surface area contributed by atoms with E-state index in [1.165, 1.54) is 0 Å². The first-order chi connectivity index (χ1) is 13.6. The van der Waals surface area contributed by atoms with Crippen LogP contribution < -0.4 is 19.7 Å². The third kappa shape index (κ3) is 4.91. The van der Waals surface area contributed by atoms with Crippen LogP contribution in [0.5, 0.6) is 11.5 Å². The molecule has 0 atom stereocenters. The number of hydrogen-bond donors (Lipinski definition) is 1. The van der Waals surface area contributed by atoms with Crippen molar-refractivity contribution in [1.82, 2.24) is 9.88 Å². The Kier molecular flexibility index (Phi) is 6.31. The van der Waals surface area contributed by atoms with Crippen molar-refractivity contribution >= 4 is 23.3 Å². The standard InChI is InChI=1S/C20H24N4O4/c1-15(25)23-9-11-24(12-10-23)16-7-8-19(21-13-16)22-20(26)14-28-18-6-4-3-5-17(18)27-2/h3-8,13H,9-12,14H2,1-2H3,(H,21,22,26). The van der Waals surface area contributed by atoms with E-state index in [1.807, 2.05) is 23.1 Å². The van der Waals surface area contributed by atoms with Gasteiger partial charge in [-0.2, -0.15) is 0 Å². The van der Waals surface area contributed by atoms with Gasteiger partial charge in [-0.1, -0.05) is 12.1 Å². The Morgan fingerprint density at radius 1 is 1.07 bits per heavy atom. The van der Waals surface area contributed by atoms with E-state index in [4.69, 9.17) is 9.47 Å². The maximum atomic E-state index is 12.1. The van der Waals surface area contributed by atoms with Crippen LogP contribution in [0.3, 0.4) is 0 Å². The second-order valence-corrected chi connectivity index (χ2v) is 6.38. The molecule has 28 heavy (non-hydrogen) atoms. The summed E-state index contributed by atoms with van der Waals surface area (Å²) in [5.41, 5.74) is 0.964. The van der Waals surface area contributed by atoms with Gasteiger partial charge in [0, 0.05) is 33.1 Å². The van der Waals surface area contributed by atoms with Crippen molar-refractivity contribution < 1.29 is 19.1 Å². The van der Waals surface area contributed by atoms with Gasteiger partial charge in [-0.25, -0.2) is 4.98 Å². The molecule has 0 radical (unpaired) electrons. The van der Waals surface area contributed by atoms with E-state index in [9.17, 15) is 9.59 Å². The molecule has 0 spiro atoms. The second-order valence-electron chi connectivity index (χ2n) is 6.38. The van der Waals surface area contributed by atoms with Crippen LogP contribution in [0.1, 0.15) is 6.92 Å². The molecular weight excluding hydrogens is 360 g/mol. The number of anilines is 2. The first-order valence-electron chi connectivity index (χ1n) is 9.09. The van der Waals surface area contributed by atoms with Crippen molar-refractivity contribution in [2.75, 3.05) is 50.1 Å². The van der Waals surface area contributed by atoms with Crippen LogP contribution >= 0.6 is 0 Å². The highest BCUT2D eigenvalue weighted by Gasteiger charge is 2.19. The van der Waals surface area contributed by atoms with E-state index in [1.54, 1.807) is 38.4 Å². The monoisotopic (exact) mass is 384 g/mol. The molecule has 3 rings (SSSR count). The number of rotatable bonds is 6. The number of methoxy groups -OCH3 is 1. The Bertz CT molecular complexity index is 817. The van der Waals surface area contributed by atoms with Crippen molar-refractivity contribution in [3.05, 3.63) is 42.6 Å². The van der Waals surface area contributed by atoms with Crippen LogP contribution in [0.2, 0.25) is 0 Å². The number of nitrogens with one attached hydrogen (secondary N) is 1. The van der Waals surface area contributed by atoms with Gasteiger partial charge in [0.05, 0.1) is 19.0 Å². The molecule has 0 bridgehead atoms. The molecule has 1 fully saturated rings. The lowest BCUT2D eigenvalue weighted by Gasteiger charge is -2.35. The van der Waals surface area contributed by atoms with Crippen molar-refractivity contribution in [3.63, 3.8) is 0 Å². The maximum absolute atomic E-state index is 12.1. The Labute approximate surface area is 164 Å². The van der Waals surface area contributed by atoms with E-state index in [0.29, 0.717) is 30.4 Å². The van der Waals surface area contributed by atoms with Crippen LogP contribution in [-0.2, 0) is 9.59 Å². The van der Waals surface area contributed by atoms with Crippen molar-refractivity contribution in [3.8, 4) is 11.5 Å².